The quantitative estimate of drug-likeness (QED) is 0.158. The fourth-order valence-electron chi connectivity index (χ4n) is 11.1. The number of benzene rings is 3. The van der Waals surface area contributed by atoms with Crippen molar-refractivity contribution in [1.82, 2.24) is 9.80 Å². The van der Waals surface area contributed by atoms with Crippen molar-refractivity contribution < 1.29 is 14.3 Å². The van der Waals surface area contributed by atoms with Crippen molar-refractivity contribution in [3.63, 3.8) is 0 Å². The van der Waals surface area contributed by atoms with Crippen molar-refractivity contribution in [2.45, 2.75) is 129 Å². The molecule has 0 aromatic heterocycles. The van der Waals surface area contributed by atoms with E-state index < -0.39 is 11.4 Å². The fraction of sp³-hybridized carbons (Fsp3) is 0.578. The molecule has 0 radical (unpaired) electrons. The summed E-state index contributed by atoms with van der Waals surface area (Å²) in [6.07, 6.45) is 9.15. The van der Waals surface area contributed by atoms with Crippen LogP contribution in [0.3, 0.4) is 0 Å². The van der Waals surface area contributed by atoms with E-state index >= 15 is 4.79 Å². The average Bonchev–Trinajstić information content (AvgIpc) is 3.44. The highest BCUT2D eigenvalue weighted by atomic mass is 16.7. The molecule has 6 nitrogen and oxygen atoms in total. The maximum atomic E-state index is 15.8. The van der Waals surface area contributed by atoms with E-state index in [0.29, 0.717) is 25.7 Å². The Morgan fingerprint density at radius 1 is 0.804 bits per heavy atom. The molecular weight excluding hydrogens is 631 g/mol. The summed E-state index contributed by atoms with van der Waals surface area (Å²) in [7, 11) is 2.28. The van der Waals surface area contributed by atoms with E-state index in [1.165, 1.54) is 23.2 Å². The lowest BCUT2D eigenvalue weighted by atomic mass is 9.47. The summed E-state index contributed by atoms with van der Waals surface area (Å²) in [5.41, 5.74) is 3.87. The first-order valence-corrected chi connectivity index (χ1v) is 19.9. The minimum absolute atomic E-state index is 0.0548. The molecule has 2 saturated carbocycles. The van der Waals surface area contributed by atoms with Gasteiger partial charge in [0, 0.05) is 37.1 Å². The van der Waals surface area contributed by atoms with Gasteiger partial charge in [-0.15, -0.1) is 0 Å². The highest BCUT2D eigenvalue weighted by molar-refractivity contribution is 5.80. The molecule has 2 amide bonds. The Kier molecular flexibility index (Phi) is 10.7. The first kappa shape index (κ1) is 37.4. The number of hydrogen-bond donors (Lipinski definition) is 0. The fourth-order valence-corrected chi connectivity index (χ4v) is 11.1. The van der Waals surface area contributed by atoms with E-state index in [0.717, 1.165) is 56.9 Å². The summed E-state index contributed by atoms with van der Waals surface area (Å²) >= 11 is 0. The lowest BCUT2D eigenvalue weighted by Crippen LogP contribution is -2.70. The Balaban J connectivity index is 1.51. The zero-order chi connectivity index (χ0) is 36.5. The number of urea groups is 1. The smallest absolute Gasteiger partial charge is 0.325 e. The zero-order valence-corrected chi connectivity index (χ0v) is 32.7. The number of para-hydroxylation sites is 1. The molecule has 1 spiro atoms. The van der Waals surface area contributed by atoms with Crippen LogP contribution in [0.4, 0.5) is 10.5 Å². The zero-order valence-electron chi connectivity index (χ0n) is 32.7. The largest absolute Gasteiger partial charge is 0.365 e. The molecule has 3 unspecified atom stereocenters. The van der Waals surface area contributed by atoms with Gasteiger partial charge in [0.2, 0.25) is 0 Å². The average molecular weight is 694 g/mol. The van der Waals surface area contributed by atoms with Crippen LogP contribution in [-0.2, 0) is 20.9 Å². The number of ether oxygens (including phenoxy) is 2. The number of carbonyl (C=O) groups excluding carboxylic acids is 1. The predicted molar refractivity (Wildman–Crippen MR) is 209 cm³/mol. The van der Waals surface area contributed by atoms with Crippen molar-refractivity contribution in [3.05, 3.63) is 102 Å². The molecule has 0 N–H and O–H groups in total. The number of nitrogens with zero attached hydrogens (tertiary/aromatic N) is 3. The van der Waals surface area contributed by atoms with Gasteiger partial charge in [-0.1, -0.05) is 106 Å². The van der Waals surface area contributed by atoms with Crippen LogP contribution in [0, 0.1) is 18.3 Å². The Morgan fingerprint density at radius 3 is 1.90 bits per heavy atom. The van der Waals surface area contributed by atoms with Crippen LogP contribution in [0.5, 0.6) is 0 Å². The van der Waals surface area contributed by atoms with Crippen molar-refractivity contribution in [1.29, 1.82) is 0 Å². The van der Waals surface area contributed by atoms with Crippen LogP contribution in [0.2, 0.25) is 0 Å². The number of hydrogen-bond acceptors (Lipinski definition) is 4. The SMILES string of the molecule is CCOC(OCC)(c1ccccc1)N1CC2(CCC(c3ccccc3)(N(C)c3ccccc3C)CC2)N(C(C)(CC)C2(CC)CCC2CC)C1=O. The number of amides is 2. The van der Waals surface area contributed by atoms with Gasteiger partial charge in [0.1, 0.15) is 0 Å². The highest BCUT2D eigenvalue weighted by Crippen LogP contribution is 2.64. The first-order chi connectivity index (χ1) is 24.6. The maximum absolute atomic E-state index is 15.8. The Morgan fingerprint density at radius 2 is 1.39 bits per heavy atom. The van der Waals surface area contributed by atoms with Crippen LogP contribution in [0.1, 0.15) is 116 Å². The first-order valence-electron chi connectivity index (χ1n) is 19.9. The van der Waals surface area contributed by atoms with Crippen LogP contribution < -0.4 is 4.90 Å². The molecule has 0 bridgehead atoms. The van der Waals surface area contributed by atoms with Crippen molar-refractivity contribution in [2.75, 3.05) is 31.7 Å². The van der Waals surface area contributed by atoms with Gasteiger partial charge in [-0.3, -0.25) is 4.90 Å². The van der Waals surface area contributed by atoms with Gasteiger partial charge in [0.25, 0.3) is 5.91 Å². The third-order valence-corrected chi connectivity index (χ3v) is 14.1. The monoisotopic (exact) mass is 693 g/mol. The van der Waals surface area contributed by atoms with Crippen LogP contribution >= 0.6 is 0 Å². The van der Waals surface area contributed by atoms with Crippen molar-refractivity contribution in [2.24, 2.45) is 11.3 Å². The van der Waals surface area contributed by atoms with E-state index in [9.17, 15) is 0 Å². The summed E-state index contributed by atoms with van der Waals surface area (Å²) in [6, 6.07) is 30.1. The molecule has 1 aliphatic heterocycles. The van der Waals surface area contributed by atoms with Gasteiger partial charge in [-0.05, 0) is 108 Å². The summed E-state index contributed by atoms with van der Waals surface area (Å²) in [6.45, 7) is 17.1. The van der Waals surface area contributed by atoms with Crippen LogP contribution in [0.15, 0.2) is 84.9 Å². The van der Waals surface area contributed by atoms with E-state index in [1.807, 2.05) is 36.9 Å². The topological polar surface area (TPSA) is 45.3 Å². The van der Waals surface area contributed by atoms with Gasteiger partial charge in [-0.25, -0.2) is 4.79 Å². The third-order valence-electron chi connectivity index (χ3n) is 14.1. The molecule has 3 fully saturated rings. The molecule has 1 heterocycles. The van der Waals surface area contributed by atoms with Gasteiger partial charge >= 0.3 is 6.03 Å². The summed E-state index contributed by atoms with van der Waals surface area (Å²) in [5, 5.41) is 0. The summed E-state index contributed by atoms with van der Waals surface area (Å²) < 4.78 is 13.4. The molecule has 3 aromatic carbocycles. The lowest BCUT2D eigenvalue weighted by Gasteiger charge is -2.66. The Bertz CT molecular complexity index is 1610. The second-order valence-corrected chi connectivity index (χ2v) is 15.8. The normalized spacial score (nSPS) is 27.8. The van der Waals surface area contributed by atoms with Crippen molar-refractivity contribution >= 4 is 11.7 Å². The van der Waals surface area contributed by atoms with E-state index in [2.05, 4.69) is 118 Å². The maximum Gasteiger partial charge on any atom is 0.325 e. The third kappa shape index (κ3) is 5.71. The Labute approximate surface area is 308 Å². The molecule has 6 rings (SSSR count). The van der Waals surface area contributed by atoms with Crippen LogP contribution in [-0.4, -0.2) is 53.7 Å². The molecular formula is C45H63N3O3. The minimum atomic E-state index is -1.31. The number of carbonyl (C=O) groups is 1. The minimum Gasteiger partial charge on any atom is -0.365 e. The Hall–Kier alpha value is -3.35. The van der Waals surface area contributed by atoms with Crippen LogP contribution in [0.25, 0.3) is 0 Å². The number of aryl methyl sites for hydroxylation is 1. The van der Waals surface area contributed by atoms with E-state index in [1.54, 1.807) is 0 Å². The molecule has 3 aliphatic rings. The number of anilines is 1. The lowest BCUT2D eigenvalue weighted by molar-refractivity contribution is -0.309. The second-order valence-electron chi connectivity index (χ2n) is 15.8. The van der Waals surface area contributed by atoms with E-state index in [4.69, 9.17) is 9.47 Å². The molecule has 51 heavy (non-hydrogen) atoms. The van der Waals surface area contributed by atoms with Gasteiger partial charge < -0.3 is 19.3 Å². The predicted octanol–water partition coefficient (Wildman–Crippen LogP) is 10.6. The standard InChI is InChI=1S/C45H63N3O3/c1-9-36-28-29-43(36,11-3)41(7,10-2)48-40(49)47(45(50-12-4,51-13-5)38-25-18-15-19-26-38)34-42(48)30-32-44(33-31-42,37-23-16-14-17-24-37)46(8)39-27-21-20-22-35(39)6/h14-27,36H,9-13,28-34H2,1-8H3. The molecule has 3 atom stereocenters. The summed E-state index contributed by atoms with van der Waals surface area (Å²) in [5.74, 6) is -0.712. The highest BCUT2D eigenvalue weighted by Gasteiger charge is 2.68. The molecule has 6 heteroatoms. The number of rotatable bonds is 14. The van der Waals surface area contributed by atoms with Gasteiger partial charge in [0.05, 0.1) is 17.6 Å². The van der Waals surface area contributed by atoms with Gasteiger partial charge in [-0.2, -0.15) is 0 Å². The van der Waals surface area contributed by atoms with E-state index in [-0.39, 0.29) is 22.5 Å². The second kappa shape index (κ2) is 14.6. The molecule has 2 aliphatic carbocycles. The molecule has 1 saturated heterocycles. The van der Waals surface area contributed by atoms with Gasteiger partial charge in [0.15, 0.2) is 0 Å². The van der Waals surface area contributed by atoms with Crippen molar-refractivity contribution in [3.8, 4) is 0 Å². The molecule has 3 aromatic rings. The molecule has 276 valence electrons. The summed E-state index contributed by atoms with van der Waals surface area (Å²) in [4.78, 5) is 22.7.